The van der Waals surface area contributed by atoms with Crippen molar-refractivity contribution < 1.29 is 9.59 Å². The zero-order valence-electron chi connectivity index (χ0n) is 14.5. The van der Waals surface area contributed by atoms with E-state index in [2.05, 4.69) is 10.6 Å². The number of amides is 2. The summed E-state index contributed by atoms with van der Waals surface area (Å²) >= 11 is 0. The molecule has 1 fully saturated rings. The highest BCUT2D eigenvalue weighted by molar-refractivity contribution is 6.08. The number of halogens is 1. The number of nitrogens with two attached hydrogens (primary N) is 1. The van der Waals surface area contributed by atoms with Crippen molar-refractivity contribution in [3.8, 4) is 0 Å². The molecule has 1 aliphatic carbocycles. The van der Waals surface area contributed by atoms with Crippen molar-refractivity contribution in [1.82, 2.24) is 0 Å². The zero-order chi connectivity index (χ0) is 17.6. The van der Waals surface area contributed by atoms with Crippen molar-refractivity contribution in [2.75, 3.05) is 16.4 Å². The Balaban J connectivity index is 0.00000243. The minimum Gasteiger partial charge on any atom is -0.398 e. The van der Waals surface area contributed by atoms with E-state index < -0.39 is 0 Å². The van der Waals surface area contributed by atoms with Gasteiger partial charge in [0.05, 0.1) is 5.56 Å². The van der Waals surface area contributed by atoms with Gasteiger partial charge in [0.15, 0.2) is 0 Å². The predicted molar refractivity (Wildman–Crippen MR) is 108 cm³/mol. The standard InChI is InChI=1S/C20H23N3O2.ClH/c21-18-12-5-4-11-17(18)20(25)23-16-10-6-9-15(13-16)22-19(24)14-7-2-1-3-8-14;/h4-6,9-14H,1-3,7-8,21H2,(H,22,24)(H,23,25);1H. The van der Waals surface area contributed by atoms with Gasteiger partial charge >= 0.3 is 0 Å². The first kappa shape index (κ1) is 19.8. The first-order valence-corrected chi connectivity index (χ1v) is 8.70. The van der Waals surface area contributed by atoms with Gasteiger partial charge in [-0.2, -0.15) is 0 Å². The van der Waals surface area contributed by atoms with Gasteiger partial charge in [0.25, 0.3) is 5.91 Å². The quantitative estimate of drug-likeness (QED) is 0.691. The van der Waals surface area contributed by atoms with E-state index in [0.717, 1.165) is 25.7 Å². The number of nitrogens with one attached hydrogen (secondary N) is 2. The van der Waals surface area contributed by atoms with Crippen LogP contribution in [0.3, 0.4) is 0 Å². The Labute approximate surface area is 159 Å². The van der Waals surface area contributed by atoms with E-state index in [9.17, 15) is 9.59 Å². The average Bonchev–Trinajstić information content (AvgIpc) is 2.63. The number of carbonyl (C=O) groups excluding carboxylic acids is 2. The van der Waals surface area contributed by atoms with Gasteiger partial charge < -0.3 is 16.4 Å². The highest BCUT2D eigenvalue weighted by Gasteiger charge is 2.21. The van der Waals surface area contributed by atoms with Crippen LogP contribution >= 0.6 is 12.4 Å². The summed E-state index contributed by atoms with van der Waals surface area (Å²) in [6, 6.07) is 14.1. The molecule has 2 aromatic rings. The van der Waals surface area contributed by atoms with Crippen LogP contribution in [0.5, 0.6) is 0 Å². The maximum absolute atomic E-state index is 12.4. The van der Waals surface area contributed by atoms with Crippen molar-refractivity contribution in [2.45, 2.75) is 32.1 Å². The summed E-state index contributed by atoms with van der Waals surface area (Å²) in [5.74, 6) is -0.111. The van der Waals surface area contributed by atoms with Crippen LogP contribution in [0, 0.1) is 5.92 Å². The largest absolute Gasteiger partial charge is 0.398 e. The smallest absolute Gasteiger partial charge is 0.257 e. The molecule has 6 heteroatoms. The molecule has 0 bridgehead atoms. The third-order valence-corrected chi connectivity index (χ3v) is 4.57. The lowest BCUT2D eigenvalue weighted by molar-refractivity contribution is -0.120. The molecule has 0 aromatic heterocycles. The van der Waals surface area contributed by atoms with Crippen LogP contribution < -0.4 is 16.4 Å². The second-order valence-electron chi connectivity index (χ2n) is 6.45. The highest BCUT2D eigenvalue weighted by Crippen LogP contribution is 2.25. The van der Waals surface area contributed by atoms with E-state index in [1.807, 2.05) is 6.07 Å². The Morgan fingerprint density at radius 1 is 0.885 bits per heavy atom. The number of hydrogen-bond acceptors (Lipinski definition) is 3. The molecule has 138 valence electrons. The lowest BCUT2D eigenvalue weighted by atomic mass is 9.88. The first-order valence-electron chi connectivity index (χ1n) is 8.70. The number of nitrogen functional groups attached to an aromatic ring is 1. The maximum atomic E-state index is 12.4. The fraction of sp³-hybridized carbons (Fsp3) is 0.300. The molecule has 0 aliphatic heterocycles. The molecule has 5 nitrogen and oxygen atoms in total. The van der Waals surface area contributed by atoms with Crippen LogP contribution in [-0.2, 0) is 4.79 Å². The van der Waals surface area contributed by atoms with Gasteiger partial charge in [-0.05, 0) is 43.2 Å². The number of hydrogen-bond donors (Lipinski definition) is 3. The molecule has 3 rings (SSSR count). The number of anilines is 3. The molecular weight excluding hydrogens is 350 g/mol. The lowest BCUT2D eigenvalue weighted by Gasteiger charge is -2.20. The van der Waals surface area contributed by atoms with Gasteiger partial charge in [0.1, 0.15) is 0 Å². The van der Waals surface area contributed by atoms with Crippen LogP contribution in [0.2, 0.25) is 0 Å². The van der Waals surface area contributed by atoms with Crippen molar-refractivity contribution in [3.63, 3.8) is 0 Å². The molecule has 0 atom stereocenters. The molecule has 2 amide bonds. The lowest BCUT2D eigenvalue weighted by Crippen LogP contribution is -2.24. The first-order chi connectivity index (χ1) is 12.1. The summed E-state index contributed by atoms with van der Waals surface area (Å²) < 4.78 is 0. The van der Waals surface area contributed by atoms with Crippen molar-refractivity contribution >= 4 is 41.3 Å². The molecule has 4 N–H and O–H groups in total. The van der Waals surface area contributed by atoms with Gasteiger partial charge in [0.2, 0.25) is 5.91 Å². The Kier molecular flexibility index (Phi) is 7.04. The Morgan fingerprint density at radius 3 is 2.23 bits per heavy atom. The second kappa shape index (κ2) is 9.25. The van der Waals surface area contributed by atoms with Crippen LogP contribution in [0.25, 0.3) is 0 Å². The van der Waals surface area contributed by atoms with E-state index in [4.69, 9.17) is 5.73 Å². The highest BCUT2D eigenvalue weighted by atomic mass is 35.5. The number of para-hydroxylation sites is 1. The zero-order valence-corrected chi connectivity index (χ0v) is 15.4. The molecule has 2 aromatic carbocycles. The average molecular weight is 374 g/mol. The van der Waals surface area contributed by atoms with E-state index in [1.165, 1.54) is 6.42 Å². The van der Waals surface area contributed by atoms with Crippen LogP contribution in [0.4, 0.5) is 17.1 Å². The number of rotatable bonds is 4. The summed E-state index contributed by atoms with van der Waals surface area (Å²) in [6.45, 7) is 0. The molecule has 0 radical (unpaired) electrons. The van der Waals surface area contributed by atoms with E-state index in [0.29, 0.717) is 22.6 Å². The molecule has 0 heterocycles. The fourth-order valence-corrected chi connectivity index (χ4v) is 3.19. The van der Waals surface area contributed by atoms with Crippen molar-refractivity contribution in [3.05, 3.63) is 54.1 Å². The molecule has 0 unspecified atom stereocenters. The van der Waals surface area contributed by atoms with E-state index >= 15 is 0 Å². The molecular formula is C20H24ClN3O2. The van der Waals surface area contributed by atoms with Crippen LogP contribution in [-0.4, -0.2) is 11.8 Å². The summed E-state index contributed by atoms with van der Waals surface area (Å²) in [6.07, 6.45) is 5.36. The minimum absolute atomic E-state index is 0. The van der Waals surface area contributed by atoms with Gasteiger partial charge in [0, 0.05) is 23.0 Å². The minimum atomic E-state index is -0.270. The van der Waals surface area contributed by atoms with E-state index in [1.54, 1.807) is 42.5 Å². The fourth-order valence-electron chi connectivity index (χ4n) is 3.19. The molecule has 1 aliphatic rings. The summed E-state index contributed by atoms with van der Waals surface area (Å²) in [7, 11) is 0. The van der Waals surface area contributed by atoms with Crippen molar-refractivity contribution in [1.29, 1.82) is 0 Å². The molecule has 26 heavy (non-hydrogen) atoms. The van der Waals surface area contributed by atoms with Crippen molar-refractivity contribution in [2.24, 2.45) is 5.92 Å². The third-order valence-electron chi connectivity index (χ3n) is 4.57. The molecule has 0 saturated heterocycles. The van der Waals surface area contributed by atoms with Gasteiger partial charge in [-0.25, -0.2) is 0 Å². The SMILES string of the molecule is Cl.Nc1ccccc1C(=O)Nc1cccc(NC(=O)C2CCCCC2)c1. The Morgan fingerprint density at radius 2 is 1.54 bits per heavy atom. The van der Waals surface area contributed by atoms with Gasteiger partial charge in [-0.3, -0.25) is 9.59 Å². The summed E-state index contributed by atoms with van der Waals surface area (Å²) in [5, 5.41) is 5.78. The molecule has 0 spiro atoms. The summed E-state index contributed by atoms with van der Waals surface area (Å²) in [5.41, 5.74) is 8.01. The Hall–Kier alpha value is -2.53. The van der Waals surface area contributed by atoms with Gasteiger partial charge in [-0.15, -0.1) is 12.4 Å². The number of benzene rings is 2. The second-order valence-corrected chi connectivity index (χ2v) is 6.45. The van der Waals surface area contributed by atoms with Crippen LogP contribution in [0.1, 0.15) is 42.5 Å². The maximum Gasteiger partial charge on any atom is 0.257 e. The monoisotopic (exact) mass is 373 g/mol. The normalized spacial score (nSPS) is 14.2. The predicted octanol–water partition coefficient (Wildman–Crippen LogP) is 4.46. The Bertz CT molecular complexity index is 773. The summed E-state index contributed by atoms with van der Waals surface area (Å²) in [4.78, 5) is 24.7. The van der Waals surface area contributed by atoms with E-state index in [-0.39, 0.29) is 30.1 Å². The number of carbonyl (C=O) groups is 2. The molecule has 1 saturated carbocycles. The van der Waals surface area contributed by atoms with Crippen LogP contribution in [0.15, 0.2) is 48.5 Å². The third kappa shape index (κ3) is 4.99. The topological polar surface area (TPSA) is 84.2 Å². The van der Waals surface area contributed by atoms with Gasteiger partial charge in [-0.1, -0.05) is 37.5 Å².